The Bertz CT molecular complexity index is 1120. The molecule has 3 aromatic rings. The average Bonchev–Trinajstić information content (AvgIpc) is 3.17. The Morgan fingerprint density at radius 3 is 2.56 bits per heavy atom. The minimum Gasteiger partial charge on any atom is -0.489 e. The summed E-state index contributed by atoms with van der Waals surface area (Å²) in [5.74, 6) is -0.00223. The minimum atomic E-state index is -0.370. The lowest BCUT2D eigenvalue weighted by atomic mass is 9.95. The van der Waals surface area contributed by atoms with Crippen LogP contribution in [0.25, 0.3) is 0 Å². The van der Waals surface area contributed by atoms with Gasteiger partial charge in [0.05, 0.1) is 12.2 Å². The maximum Gasteiger partial charge on any atom is 0.341 e. The topological polar surface area (TPSA) is 64.6 Å². The summed E-state index contributed by atoms with van der Waals surface area (Å²) < 4.78 is 11.0. The van der Waals surface area contributed by atoms with Crippen molar-refractivity contribution in [3.05, 3.63) is 80.7 Å². The maximum absolute atomic E-state index is 12.9. The molecule has 5 nitrogen and oxygen atoms in total. The van der Waals surface area contributed by atoms with Gasteiger partial charge in [0.15, 0.2) is 0 Å². The molecule has 4 rings (SSSR count). The standard InChI is InChI=1S/C25H24ClNO4S/c1-2-30-25(29)22-19-8-4-6-10-21(19)32-24(22)27-23(28)16-11-13-18(14-12-16)31-15-17-7-3-5-9-20(17)26/h3,5,7,9,11-14H,2,4,6,8,10,15H2,1H3,(H,27,28). The van der Waals surface area contributed by atoms with Crippen molar-refractivity contribution in [1.82, 2.24) is 0 Å². The fraction of sp³-hybridized carbons (Fsp3) is 0.280. The van der Waals surface area contributed by atoms with E-state index in [2.05, 4.69) is 5.32 Å². The highest BCUT2D eigenvalue weighted by atomic mass is 35.5. The average molecular weight is 470 g/mol. The summed E-state index contributed by atoms with van der Waals surface area (Å²) in [6.45, 7) is 2.42. The number of ether oxygens (including phenoxy) is 2. The largest absolute Gasteiger partial charge is 0.489 e. The van der Waals surface area contributed by atoms with Crippen LogP contribution in [-0.2, 0) is 24.2 Å². The first kappa shape index (κ1) is 22.4. The Kier molecular flexibility index (Phi) is 7.12. The highest BCUT2D eigenvalue weighted by Crippen LogP contribution is 2.38. The number of thiophene rings is 1. The lowest BCUT2D eigenvalue weighted by Crippen LogP contribution is -2.15. The fourth-order valence-corrected chi connectivity index (χ4v) is 5.19. The number of anilines is 1. The summed E-state index contributed by atoms with van der Waals surface area (Å²) in [4.78, 5) is 26.6. The second-order valence-corrected chi connectivity index (χ2v) is 9.01. The van der Waals surface area contributed by atoms with E-state index in [1.54, 1.807) is 31.2 Å². The molecule has 1 aromatic heterocycles. The molecule has 0 spiro atoms. The Morgan fingerprint density at radius 2 is 1.81 bits per heavy atom. The quantitative estimate of drug-likeness (QED) is 0.413. The van der Waals surface area contributed by atoms with Crippen molar-refractivity contribution in [3.63, 3.8) is 0 Å². The minimum absolute atomic E-state index is 0.271. The van der Waals surface area contributed by atoms with E-state index in [1.165, 1.54) is 11.3 Å². The zero-order valence-corrected chi connectivity index (χ0v) is 19.4. The summed E-state index contributed by atoms with van der Waals surface area (Å²) in [5.41, 5.74) is 2.92. The van der Waals surface area contributed by atoms with Crippen molar-refractivity contribution in [3.8, 4) is 5.75 Å². The van der Waals surface area contributed by atoms with E-state index in [4.69, 9.17) is 21.1 Å². The molecule has 1 aliphatic carbocycles. The number of esters is 1. The molecule has 2 aromatic carbocycles. The van der Waals surface area contributed by atoms with Gasteiger partial charge in [0.2, 0.25) is 0 Å². The smallest absolute Gasteiger partial charge is 0.341 e. The number of halogens is 1. The van der Waals surface area contributed by atoms with E-state index >= 15 is 0 Å². The zero-order valence-electron chi connectivity index (χ0n) is 17.8. The summed E-state index contributed by atoms with van der Waals surface area (Å²) in [6, 6.07) is 14.4. The molecule has 1 heterocycles. The van der Waals surface area contributed by atoms with Gasteiger partial charge in [-0.15, -0.1) is 11.3 Å². The van der Waals surface area contributed by atoms with E-state index in [0.717, 1.165) is 41.7 Å². The van der Waals surface area contributed by atoms with Gasteiger partial charge in [-0.05, 0) is 68.5 Å². The third kappa shape index (κ3) is 4.97. The van der Waals surface area contributed by atoms with E-state index in [9.17, 15) is 9.59 Å². The lowest BCUT2D eigenvalue weighted by Gasteiger charge is -2.12. The highest BCUT2D eigenvalue weighted by Gasteiger charge is 2.27. The van der Waals surface area contributed by atoms with Gasteiger partial charge in [-0.1, -0.05) is 29.8 Å². The number of benzene rings is 2. The van der Waals surface area contributed by atoms with Crippen LogP contribution in [0.15, 0.2) is 48.5 Å². The van der Waals surface area contributed by atoms with Crippen molar-refractivity contribution < 1.29 is 19.1 Å². The Morgan fingerprint density at radius 1 is 1.06 bits per heavy atom. The lowest BCUT2D eigenvalue weighted by molar-refractivity contribution is 0.0526. The Balaban J connectivity index is 1.46. The molecule has 0 saturated carbocycles. The molecule has 166 valence electrons. The Hall–Kier alpha value is -2.83. The van der Waals surface area contributed by atoms with Gasteiger partial charge >= 0.3 is 5.97 Å². The van der Waals surface area contributed by atoms with Crippen LogP contribution in [0.1, 0.15) is 56.5 Å². The first-order valence-electron chi connectivity index (χ1n) is 10.7. The molecule has 0 radical (unpaired) electrons. The van der Waals surface area contributed by atoms with Crippen LogP contribution < -0.4 is 10.1 Å². The van der Waals surface area contributed by atoms with Crippen molar-refractivity contribution in [2.75, 3.05) is 11.9 Å². The first-order valence-corrected chi connectivity index (χ1v) is 11.9. The van der Waals surface area contributed by atoms with Crippen molar-refractivity contribution in [2.45, 2.75) is 39.2 Å². The van der Waals surface area contributed by atoms with Gasteiger partial charge in [-0.2, -0.15) is 0 Å². The number of aryl methyl sites for hydroxylation is 1. The van der Waals surface area contributed by atoms with Crippen LogP contribution in [0.4, 0.5) is 5.00 Å². The molecule has 0 bridgehead atoms. The predicted octanol–water partition coefficient (Wildman–Crippen LogP) is 6.29. The third-order valence-electron chi connectivity index (χ3n) is 5.35. The van der Waals surface area contributed by atoms with E-state index in [-0.39, 0.29) is 11.9 Å². The van der Waals surface area contributed by atoms with Crippen molar-refractivity contribution in [2.24, 2.45) is 0 Å². The molecule has 0 fully saturated rings. The maximum atomic E-state index is 12.9. The molecule has 1 aliphatic rings. The van der Waals surface area contributed by atoms with Crippen molar-refractivity contribution >= 4 is 39.8 Å². The Labute approximate surface area is 196 Å². The fourth-order valence-electron chi connectivity index (χ4n) is 3.73. The van der Waals surface area contributed by atoms with Crippen molar-refractivity contribution in [1.29, 1.82) is 0 Å². The number of carbonyl (C=O) groups is 2. The first-order chi connectivity index (χ1) is 15.6. The van der Waals surface area contributed by atoms with Gasteiger partial charge in [-0.25, -0.2) is 4.79 Å². The molecule has 1 amide bonds. The van der Waals surface area contributed by atoms with Gasteiger partial charge in [-0.3, -0.25) is 4.79 Å². The molecular formula is C25H24ClNO4S. The van der Waals surface area contributed by atoms with Crippen LogP contribution in [0.2, 0.25) is 5.02 Å². The van der Waals surface area contributed by atoms with E-state index < -0.39 is 0 Å². The molecule has 0 aliphatic heterocycles. The number of amides is 1. The summed E-state index contributed by atoms with van der Waals surface area (Å²) in [5, 5.41) is 4.15. The summed E-state index contributed by atoms with van der Waals surface area (Å²) in [6.07, 6.45) is 3.91. The molecular weight excluding hydrogens is 446 g/mol. The number of hydrogen-bond acceptors (Lipinski definition) is 5. The monoisotopic (exact) mass is 469 g/mol. The SMILES string of the molecule is CCOC(=O)c1c(NC(=O)c2ccc(OCc3ccccc3Cl)cc2)sc2c1CCCC2. The second kappa shape index (κ2) is 10.2. The summed E-state index contributed by atoms with van der Waals surface area (Å²) >= 11 is 7.64. The third-order valence-corrected chi connectivity index (χ3v) is 6.92. The number of rotatable bonds is 7. The van der Waals surface area contributed by atoms with Crippen LogP contribution in [-0.4, -0.2) is 18.5 Å². The van der Waals surface area contributed by atoms with Crippen LogP contribution in [0.5, 0.6) is 5.75 Å². The molecule has 0 unspecified atom stereocenters. The van der Waals surface area contributed by atoms with Gasteiger partial charge in [0, 0.05) is 21.0 Å². The number of nitrogens with one attached hydrogen (secondary N) is 1. The second-order valence-electron chi connectivity index (χ2n) is 7.49. The van der Waals surface area contributed by atoms with Crippen LogP contribution in [0.3, 0.4) is 0 Å². The number of fused-ring (bicyclic) bond motifs is 1. The molecule has 32 heavy (non-hydrogen) atoms. The predicted molar refractivity (Wildman–Crippen MR) is 127 cm³/mol. The van der Waals surface area contributed by atoms with Gasteiger partial charge in [0.25, 0.3) is 5.91 Å². The zero-order chi connectivity index (χ0) is 22.5. The van der Waals surface area contributed by atoms with Gasteiger partial charge in [0.1, 0.15) is 17.4 Å². The molecule has 7 heteroatoms. The van der Waals surface area contributed by atoms with Crippen LogP contribution in [0, 0.1) is 0 Å². The molecule has 0 atom stereocenters. The van der Waals surface area contributed by atoms with Crippen LogP contribution >= 0.6 is 22.9 Å². The number of carbonyl (C=O) groups excluding carboxylic acids is 2. The normalized spacial score (nSPS) is 12.7. The van der Waals surface area contributed by atoms with Gasteiger partial charge < -0.3 is 14.8 Å². The highest BCUT2D eigenvalue weighted by molar-refractivity contribution is 7.17. The molecule has 1 N–H and O–H groups in total. The summed E-state index contributed by atoms with van der Waals surface area (Å²) in [7, 11) is 0. The van der Waals surface area contributed by atoms with E-state index in [1.807, 2.05) is 24.3 Å². The molecule has 0 saturated heterocycles. The number of hydrogen-bond donors (Lipinski definition) is 1. The van der Waals surface area contributed by atoms with E-state index in [0.29, 0.717) is 40.1 Å².